The Kier molecular flexibility index (Phi) is 2.51. The van der Waals surface area contributed by atoms with Crippen LogP contribution in [0.25, 0.3) is 0 Å². The Morgan fingerprint density at radius 2 is 2.05 bits per heavy atom. The van der Waals surface area contributed by atoms with Crippen molar-refractivity contribution in [2.75, 3.05) is 5.73 Å². The van der Waals surface area contributed by atoms with Crippen molar-refractivity contribution in [3.05, 3.63) is 29.3 Å². The molecule has 0 bridgehead atoms. The van der Waals surface area contributed by atoms with E-state index in [2.05, 4.69) is 5.32 Å². The van der Waals surface area contributed by atoms with Crippen molar-refractivity contribution in [1.29, 1.82) is 0 Å². The molecule has 3 rings (SSSR count). The first-order chi connectivity index (χ1) is 9.08. The molecule has 0 spiro atoms. The first-order valence-corrected chi connectivity index (χ1v) is 6.10. The second kappa shape index (κ2) is 4.08. The van der Waals surface area contributed by atoms with Crippen molar-refractivity contribution in [2.45, 2.75) is 25.4 Å². The van der Waals surface area contributed by atoms with E-state index in [1.807, 2.05) is 0 Å². The number of hydrogen-bond donors (Lipinski definition) is 2. The maximum atomic E-state index is 12.3. The van der Waals surface area contributed by atoms with Gasteiger partial charge in [0.1, 0.15) is 6.04 Å². The fourth-order valence-electron chi connectivity index (χ4n) is 2.61. The number of nitrogens with one attached hydrogen (secondary N) is 1. The topological polar surface area (TPSA) is 92.5 Å². The van der Waals surface area contributed by atoms with Gasteiger partial charge in [-0.1, -0.05) is 6.07 Å². The monoisotopic (exact) mass is 264 g/mol. The molecule has 98 valence electrons. The molecule has 0 aromatic heterocycles. The third-order valence-electron chi connectivity index (χ3n) is 3.62. The van der Waals surface area contributed by atoms with Gasteiger partial charge in [0.15, 0.2) is 0 Å². The minimum absolute atomic E-state index is 0.197. The Morgan fingerprint density at radius 3 is 2.74 bits per heavy atom. The Hall–Kier alpha value is -2.37. The van der Waals surface area contributed by atoms with Gasteiger partial charge in [0, 0.05) is 29.8 Å². The van der Waals surface area contributed by atoms with E-state index < -0.39 is 11.9 Å². The second-order valence-corrected chi connectivity index (χ2v) is 4.77. The van der Waals surface area contributed by atoms with Gasteiger partial charge in [-0.05, 0) is 18.6 Å². The number of nitrogens with zero attached hydrogens (tertiary/aromatic N) is 1. The Morgan fingerprint density at radius 1 is 1.26 bits per heavy atom. The number of fused-ring (bicyclic) bond motifs is 1. The summed E-state index contributed by atoms with van der Waals surface area (Å²) in [6, 6.07) is 4.58. The minimum Gasteiger partial charge on any atom is -0.398 e. The van der Waals surface area contributed by atoms with Crippen LogP contribution in [-0.2, 0) is 16.1 Å². The van der Waals surface area contributed by atoms with Crippen LogP contribution in [0.4, 0.5) is 5.69 Å². The number of piperidine rings is 1. The smallest absolute Gasteiger partial charge is 0.255 e. The molecule has 1 saturated heterocycles. The molecule has 19 heavy (non-hydrogen) atoms. The number of carbonyl (C=O) groups excluding carboxylic acids is 3. The predicted molar refractivity (Wildman–Crippen MR) is 66.9 cm³/mol. The molecule has 6 heteroatoms. The van der Waals surface area contributed by atoms with Crippen LogP contribution in [0.3, 0.4) is 0 Å². The fraction of sp³-hybridized carbons (Fsp3) is 0.308. The lowest BCUT2D eigenvalue weighted by atomic mass is 10.1. The van der Waals surface area contributed by atoms with E-state index in [1.54, 1.807) is 18.2 Å². The zero-order valence-corrected chi connectivity index (χ0v) is 10.2. The average molecular weight is 264 g/mol. The van der Waals surface area contributed by atoms with Gasteiger partial charge < -0.3 is 10.6 Å². The van der Waals surface area contributed by atoms with Crippen LogP contribution in [0, 0.1) is 0 Å². The van der Waals surface area contributed by atoms with E-state index >= 15 is 0 Å². The van der Waals surface area contributed by atoms with Crippen LogP contribution >= 0.6 is 0 Å². The second-order valence-electron chi connectivity index (χ2n) is 4.77. The molecule has 6 nitrogen and oxygen atoms in total. The van der Waals surface area contributed by atoms with Crippen LogP contribution in [0.5, 0.6) is 0 Å². The van der Waals surface area contributed by atoms with E-state index in [-0.39, 0.29) is 18.2 Å². The maximum absolute atomic E-state index is 12.3. The van der Waals surface area contributed by atoms with Crippen molar-refractivity contribution >= 4 is 23.4 Å². The van der Waals surface area contributed by atoms with Crippen molar-refractivity contribution in [2.24, 2.45) is 0 Å². The summed E-state index contributed by atoms with van der Waals surface area (Å²) >= 11 is 0. The number of nitrogens with two attached hydrogens (primary N) is 1. The lowest BCUT2D eigenvalue weighted by molar-refractivity contribution is -0.136. The number of benzene rings is 1. The maximum Gasteiger partial charge on any atom is 0.255 e. The van der Waals surface area contributed by atoms with Crippen molar-refractivity contribution in [3.8, 4) is 0 Å². The van der Waals surface area contributed by atoms with Gasteiger partial charge >= 0.3 is 0 Å². The molecule has 0 aliphatic carbocycles. The van der Waals surface area contributed by atoms with E-state index in [0.717, 1.165) is 5.56 Å². The van der Waals surface area contributed by atoms with Crippen molar-refractivity contribution < 1.29 is 14.4 Å². The van der Waals surface area contributed by atoms with Crippen LogP contribution < -0.4 is 11.1 Å². The van der Waals surface area contributed by atoms with Gasteiger partial charge in [-0.2, -0.15) is 0 Å². The Labute approximate surface area is 109 Å². The number of amides is 3. The average Bonchev–Trinajstić information content (AvgIpc) is 2.69. The van der Waals surface area contributed by atoms with Gasteiger partial charge in [0.25, 0.3) is 5.91 Å². The number of nitrogen functional groups attached to an aromatic ring is 1. The van der Waals surface area contributed by atoms with Gasteiger partial charge in [-0.15, -0.1) is 0 Å². The summed E-state index contributed by atoms with van der Waals surface area (Å²) in [6.07, 6.45) is 0.621. The SMILES string of the molecule is Nc1cccc2c1CN([13CH]1[13CH2][13CH2][13C](=O)N[13C]1=O)C2=O. The van der Waals surface area contributed by atoms with Crippen molar-refractivity contribution in [1.82, 2.24) is 10.2 Å². The molecule has 3 amide bonds. The van der Waals surface area contributed by atoms with E-state index in [4.69, 9.17) is 5.73 Å². The summed E-state index contributed by atoms with van der Waals surface area (Å²) in [4.78, 5) is 36.7. The summed E-state index contributed by atoms with van der Waals surface area (Å²) in [7, 11) is 0. The van der Waals surface area contributed by atoms with Gasteiger partial charge in [-0.3, -0.25) is 19.7 Å². The zero-order chi connectivity index (χ0) is 13.6. The third kappa shape index (κ3) is 1.76. The quantitative estimate of drug-likeness (QED) is 0.425. The van der Waals surface area contributed by atoms with Crippen molar-refractivity contribution in [3.63, 3.8) is 0 Å². The fourth-order valence-corrected chi connectivity index (χ4v) is 2.61. The number of carbonyl (C=O) groups is 3. The molecule has 1 unspecified atom stereocenters. The van der Waals surface area contributed by atoms with Crippen LogP contribution in [0.15, 0.2) is 18.2 Å². The minimum atomic E-state index is -0.586. The normalized spacial score (nSPS) is 22.4. The highest BCUT2D eigenvalue weighted by Crippen LogP contribution is 2.30. The van der Waals surface area contributed by atoms with E-state index in [9.17, 15) is 14.4 Å². The highest BCUT2D eigenvalue weighted by Gasteiger charge is 2.39. The summed E-state index contributed by atoms with van der Waals surface area (Å²) in [5.41, 5.74) is 7.71. The summed E-state index contributed by atoms with van der Waals surface area (Å²) in [6.45, 7) is 0.327. The molecule has 1 fully saturated rings. The zero-order valence-electron chi connectivity index (χ0n) is 10.2. The molecule has 1 aromatic carbocycles. The van der Waals surface area contributed by atoms with Gasteiger partial charge in [0.2, 0.25) is 11.8 Å². The van der Waals surface area contributed by atoms with Crippen LogP contribution in [0.1, 0.15) is 28.8 Å². The molecular formula is C13H13N3O3. The molecular weight excluding hydrogens is 251 g/mol. The first kappa shape index (κ1) is 11.7. The van der Waals surface area contributed by atoms with Gasteiger partial charge in [0.05, 0.1) is 0 Å². The lowest BCUT2D eigenvalue weighted by Crippen LogP contribution is -2.52. The lowest BCUT2D eigenvalue weighted by Gasteiger charge is -2.29. The van der Waals surface area contributed by atoms with E-state index in [0.29, 0.717) is 24.2 Å². The van der Waals surface area contributed by atoms with E-state index in [1.165, 1.54) is 4.90 Å². The molecule has 2 heterocycles. The summed E-state index contributed by atoms with van der Waals surface area (Å²) < 4.78 is 0. The van der Waals surface area contributed by atoms with Crippen LogP contribution in [-0.4, -0.2) is 28.7 Å². The van der Waals surface area contributed by atoms with Crippen LogP contribution in [0.2, 0.25) is 0 Å². The summed E-state index contributed by atoms with van der Waals surface area (Å²) in [5, 5.41) is 2.27. The highest BCUT2D eigenvalue weighted by atomic mass is 16.3. The number of rotatable bonds is 1. The molecule has 1 aromatic rings. The largest absolute Gasteiger partial charge is 0.398 e. The first-order valence-electron chi connectivity index (χ1n) is 6.10. The summed E-state index contributed by atoms with van der Waals surface area (Å²) in [5.74, 6) is -0.891. The predicted octanol–water partition coefficient (Wildman–Crippen LogP) is 0.0298. The molecule has 2 aliphatic rings. The molecule has 0 saturated carbocycles. The molecule has 0 radical (unpaired) electrons. The number of hydrogen-bond acceptors (Lipinski definition) is 4. The number of anilines is 1. The van der Waals surface area contributed by atoms with Gasteiger partial charge in [-0.25, -0.2) is 0 Å². The molecule has 1 atom stereocenters. The molecule has 2 aliphatic heterocycles. The standard InChI is InChI=1S/C13H13N3O3/c14-9-3-1-2-7-8(9)6-16(13(7)19)10-4-5-11(17)15-12(10)18/h1-3,10H,4-6,14H2,(H,15,17,18)/i4+1,5+1,10+1,11+1,12+1. The third-order valence-corrected chi connectivity index (χ3v) is 3.62. The number of imide groups is 1. The highest BCUT2D eigenvalue weighted by molar-refractivity contribution is 6.06. The Bertz CT molecular complexity index is 597. The Balaban J connectivity index is 1.90. The molecule has 3 N–H and O–H groups in total.